The lowest BCUT2D eigenvalue weighted by Gasteiger charge is -2.47. The highest BCUT2D eigenvalue weighted by Gasteiger charge is 2.54. The first-order chi connectivity index (χ1) is 21.5. The van der Waals surface area contributed by atoms with Crippen LogP contribution in [0.5, 0.6) is 5.75 Å². The summed E-state index contributed by atoms with van der Waals surface area (Å²) in [5.74, 6) is 1.28. The number of aryl methyl sites for hydroxylation is 2. The number of carbonyl (C=O) groups excluding carboxylic acids is 1. The Kier molecular flexibility index (Phi) is 8.73. The molecule has 3 aromatic rings. The lowest BCUT2D eigenvalue weighted by molar-refractivity contribution is -0.144. The highest BCUT2D eigenvalue weighted by atomic mass is 35.5. The van der Waals surface area contributed by atoms with Crippen molar-refractivity contribution in [3.8, 4) is 5.75 Å². The number of aliphatic carboxylic acids is 1. The van der Waals surface area contributed by atoms with Gasteiger partial charge in [-0.15, -0.1) is 0 Å². The van der Waals surface area contributed by atoms with Gasteiger partial charge in [-0.3, -0.25) is 9.78 Å². The molecule has 6 nitrogen and oxygen atoms in total. The summed E-state index contributed by atoms with van der Waals surface area (Å²) in [6, 6.07) is 13.5. The van der Waals surface area contributed by atoms with E-state index in [1.807, 2.05) is 30.5 Å². The molecule has 7 heteroatoms. The zero-order valence-electron chi connectivity index (χ0n) is 26.9. The first-order valence-electron chi connectivity index (χ1n) is 16.5. The molecule has 6 rings (SSSR count). The number of carbonyl (C=O) groups is 2. The summed E-state index contributed by atoms with van der Waals surface area (Å²) >= 11 is 6.24. The van der Waals surface area contributed by atoms with E-state index in [9.17, 15) is 14.7 Å². The summed E-state index contributed by atoms with van der Waals surface area (Å²) in [4.78, 5) is 30.1. The van der Waals surface area contributed by atoms with E-state index in [1.54, 1.807) is 19.1 Å². The molecule has 45 heavy (non-hydrogen) atoms. The summed E-state index contributed by atoms with van der Waals surface area (Å²) in [5.41, 5.74) is 6.39. The lowest BCUT2D eigenvalue weighted by atomic mass is 9.59. The van der Waals surface area contributed by atoms with Crippen molar-refractivity contribution in [3.63, 3.8) is 0 Å². The SMILES string of the molecule is CC(=O)c1cc(C)c2c(c1)C1(CCC(Nc3cccc(Cl)c3)(C(=O)O)CC1)C(C[C@@H](C)COc1ccnc3c1[C@H](C)CCC3)C2. The Morgan fingerprint density at radius 1 is 1.16 bits per heavy atom. The van der Waals surface area contributed by atoms with Crippen LogP contribution in [0.3, 0.4) is 0 Å². The van der Waals surface area contributed by atoms with Crippen molar-refractivity contribution in [3.05, 3.63) is 87.2 Å². The molecule has 2 N–H and O–H groups in total. The molecule has 1 spiro atoms. The summed E-state index contributed by atoms with van der Waals surface area (Å²) < 4.78 is 6.53. The number of hydrogen-bond acceptors (Lipinski definition) is 5. The first-order valence-corrected chi connectivity index (χ1v) is 16.9. The summed E-state index contributed by atoms with van der Waals surface area (Å²) in [5, 5.41) is 14.5. The molecule has 0 bridgehead atoms. The van der Waals surface area contributed by atoms with Crippen molar-refractivity contribution in [2.45, 2.75) is 102 Å². The molecular formula is C38H45ClN2O4. The van der Waals surface area contributed by atoms with Crippen LogP contribution >= 0.6 is 11.6 Å². The third kappa shape index (κ3) is 5.98. The number of rotatable bonds is 9. The number of halogens is 1. The average molecular weight is 629 g/mol. The molecule has 0 aliphatic heterocycles. The monoisotopic (exact) mass is 628 g/mol. The second-order valence-electron chi connectivity index (χ2n) is 14.1. The topological polar surface area (TPSA) is 88.5 Å². The molecular weight excluding hydrogens is 584 g/mol. The second-order valence-corrected chi connectivity index (χ2v) is 14.5. The minimum Gasteiger partial charge on any atom is -0.493 e. The Bertz CT molecular complexity index is 1610. The van der Waals surface area contributed by atoms with Crippen LogP contribution in [0, 0.1) is 18.8 Å². The van der Waals surface area contributed by atoms with Gasteiger partial charge in [-0.05, 0) is 148 Å². The van der Waals surface area contributed by atoms with Crippen LogP contribution in [0.15, 0.2) is 48.7 Å². The van der Waals surface area contributed by atoms with E-state index >= 15 is 0 Å². The number of ether oxygens (including phenoxy) is 1. The third-order valence-corrected chi connectivity index (χ3v) is 11.3. The average Bonchev–Trinajstić information content (AvgIpc) is 3.30. The van der Waals surface area contributed by atoms with Crippen molar-refractivity contribution in [1.29, 1.82) is 0 Å². The number of aromatic nitrogens is 1. The highest BCUT2D eigenvalue weighted by molar-refractivity contribution is 6.30. The van der Waals surface area contributed by atoms with Gasteiger partial charge in [0.1, 0.15) is 11.3 Å². The molecule has 3 atom stereocenters. The number of nitrogens with one attached hydrogen (secondary N) is 1. The minimum absolute atomic E-state index is 0.0643. The van der Waals surface area contributed by atoms with E-state index in [0.29, 0.717) is 42.2 Å². The molecule has 238 valence electrons. The maximum atomic E-state index is 12.9. The van der Waals surface area contributed by atoms with Gasteiger partial charge in [0.25, 0.3) is 0 Å². The number of carboxylic acid groups (broad SMARTS) is 1. The Balaban J connectivity index is 1.26. The van der Waals surface area contributed by atoms with Crippen molar-refractivity contribution < 1.29 is 19.4 Å². The van der Waals surface area contributed by atoms with Gasteiger partial charge in [-0.2, -0.15) is 0 Å². The van der Waals surface area contributed by atoms with E-state index in [0.717, 1.165) is 54.7 Å². The van der Waals surface area contributed by atoms with Crippen molar-refractivity contribution in [2.24, 2.45) is 11.8 Å². The molecule has 1 aromatic heterocycles. The summed E-state index contributed by atoms with van der Waals surface area (Å²) in [7, 11) is 0. The molecule has 1 unspecified atom stereocenters. The molecule has 3 aliphatic rings. The van der Waals surface area contributed by atoms with Crippen LogP contribution in [0.25, 0.3) is 0 Å². The van der Waals surface area contributed by atoms with E-state index in [2.05, 4.69) is 37.1 Å². The smallest absolute Gasteiger partial charge is 0.329 e. The quantitative estimate of drug-likeness (QED) is 0.230. The van der Waals surface area contributed by atoms with Crippen LogP contribution in [0.2, 0.25) is 5.02 Å². The number of carboxylic acids is 1. The van der Waals surface area contributed by atoms with Gasteiger partial charge in [0.15, 0.2) is 5.78 Å². The number of hydrogen-bond donors (Lipinski definition) is 2. The summed E-state index contributed by atoms with van der Waals surface area (Å²) in [6.45, 7) is 8.91. The molecule has 1 fully saturated rings. The molecule has 0 amide bonds. The van der Waals surface area contributed by atoms with E-state index < -0.39 is 11.5 Å². The number of pyridine rings is 1. The lowest BCUT2D eigenvalue weighted by Crippen LogP contribution is -2.53. The maximum absolute atomic E-state index is 12.9. The molecule has 2 aromatic carbocycles. The zero-order chi connectivity index (χ0) is 31.9. The highest BCUT2D eigenvalue weighted by Crippen LogP contribution is 2.57. The number of anilines is 1. The predicted molar refractivity (Wildman–Crippen MR) is 179 cm³/mol. The Morgan fingerprint density at radius 2 is 1.93 bits per heavy atom. The summed E-state index contributed by atoms with van der Waals surface area (Å²) in [6.07, 6.45) is 9.57. The van der Waals surface area contributed by atoms with Gasteiger partial charge in [0.05, 0.1) is 6.61 Å². The number of benzene rings is 2. The van der Waals surface area contributed by atoms with Gasteiger partial charge >= 0.3 is 5.97 Å². The van der Waals surface area contributed by atoms with Crippen LogP contribution in [-0.2, 0) is 23.1 Å². The molecule has 0 saturated heterocycles. The normalized spacial score (nSPS) is 26.2. The predicted octanol–water partition coefficient (Wildman–Crippen LogP) is 8.71. The third-order valence-electron chi connectivity index (χ3n) is 11.0. The van der Waals surface area contributed by atoms with Gasteiger partial charge in [0.2, 0.25) is 0 Å². The fraction of sp³-hybridized carbons (Fsp3) is 0.500. The van der Waals surface area contributed by atoms with Gasteiger partial charge in [-0.25, -0.2) is 4.79 Å². The van der Waals surface area contributed by atoms with Gasteiger partial charge in [0, 0.05) is 33.7 Å². The fourth-order valence-corrected chi connectivity index (χ4v) is 8.79. The first kappa shape index (κ1) is 31.6. The van der Waals surface area contributed by atoms with Crippen LogP contribution in [-0.4, -0.2) is 34.0 Å². The van der Waals surface area contributed by atoms with E-state index in [1.165, 1.54) is 35.2 Å². The fourth-order valence-electron chi connectivity index (χ4n) is 8.60. The molecule has 1 heterocycles. The van der Waals surface area contributed by atoms with Crippen LogP contribution in [0.4, 0.5) is 5.69 Å². The number of nitrogens with zero attached hydrogens (tertiary/aromatic N) is 1. The Labute approximate surface area is 271 Å². The zero-order valence-corrected chi connectivity index (χ0v) is 27.7. The van der Waals surface area contributed by atoms with E-state index in [-0.39, 0.29) is 11.2 Å². The number of Topliss-reactive ketones (excluding diaryl/α,β-unsaturated/α-hetero) is 1. The van der Waals surface area contributed by atoms with Gasteiger partial charge in [-0.1, -0.05) is 31.5 Å². The molecule has 3 aliphatic carbocycles. The standard InChI is InChI=1S/C38H45ClN2O4/c1-23(22-45-34-11-16-40-33-10-5-7-24(2)35(33)34)17-28-20-31-25(3)18-27(26(4)42)19-32(31)37(28)12-14-38(15-13-37,36(43)44)41-30-9-6-8-29(39)21-30/h6,8-9,11,16,18-19,21,23-24,28,41H,5,7,10,12-15,17,20,22H2,1-4H3,(H,43,44)/t23-,24-,28?,37?,38?/m1/s1. The second kappa shape index (κ2) is 12.4. The minimum atomic E-state index is -1.08. The maximum Gasteiger partial charge on any atom is 0.329 e. The molecule has 0 radical (unpaired) electrons. The Morgan fingerprint density at radius 3 is 2.64 bits per heavy atom. The number of ketones is 1. The van der Waals surface area contributed by atoms with Crippen molar-refractivity contribution in [2.75, 3.05) is 11.9 Å². The van der Waals surface area contributed by atoms with Crippen LogP contribution < -0.4 is 10.1 Å². The van der Waals surface area contributed by atoms with Crippen molar-refractivity contribution in [1.82, 2.24) is 4.98 Å². The van der Waals surface area contributed by atoms with E-state index in [4.69, 9.17) is 16.3 Å². The van der Waals surface area contributed by atoms with Crippen molar-refractivity contribution >= 4 is 29.0 Å². The largest absolute Gasteiger partial charge is 0.493 e. The number of fused-ring (bicyclic) bond motifs is 3. The van der Waals surface area contributed by atoms with Gasteiger partial charge < -0.3 is 15.2 Å². The van der Waals surface area contributed by atoms with Crippen LogP contribution in [0.1, 0.15) is 110 Å². The Hall–Kier alpha value is -3.38. The molecule has 1 saturated carbocycles.